The zero-order chi connectivity index (χ0) is 23.9. The van der Waals surface area contributed by atoms with E-state index in [0.717, 1.165) is 11.1 Å². The van der Waals surface area contributed by atoms with Crippen molar-refractivity contribution in [3.63, 3.8) is 0 Å². The molecule has 0 unspecified atom stereocenters. The molecule has 0 saturated carbocycles. The van der Waals surface area contributed by atoms with Gasteiger partial charge in [-0.25, -0.2) is 4.79 Å². The zero-order valence-corrected chi connectivity index (χ0v) is 19.0. The number of benzene rings is 3. The van der Waals surface area contributed by atoms with Gasteiger partial charge in [-0.05, 0) is 36.6 Å². The highest BCUT2D eigenvalue weighted by atomic mass is 16.6. The SMILES string of the molecule is C[C@@H]1N[C@@H]([C@@H](O)[C@H](Cc2ccccc2)NC(=O)Oc2ccccc2)C(=O)N1Cc1ccccc1. The number of aliphatic hydroxyl groups excluding tert-OH is 1. The van der Waals surface area contributed by atoms with Gasteiger partial charge in [0.2, 0.25) is 5.91 Å². The van der Waals surface area contributed by atoms with E-state index in [1.165, 1.54) is 0 Å². The van der Waals surface area contributed by atoms with Crippen molar-refractivity contribution < 1.29 is 19.4 Å². The number of carbonyl (C=O) groups is 2. The number of nitrogens with one attached hydrogen (secondary N) is 2. The van der Waals surface area contributed by atoms with E-state index in [1.54, 1.807) is 29.2 Å². The molecule has 176 valence electrons. The van der Waals surface area contributed by atoms with E-state index < -0.39 is 24.3 Å². The topological polar surface area (TPSA) is 90.9 Å². The van der Waals surface area contributed by atoms with Crippen molar-refractivity contribution in [3.05, 3.63) is 102 Å². The van der Waals surface area contributed by atoms with Crippen molar-refractivity contribution in [1.82, 2.24) is 15.5 Å². The first-order valence-corrected chi connectivity index (χ1v) is 11.4. The number of hydrogen-bond donors (Lipinski definition) is 3. The monoisotopic (exact) mass is 459 g/mol. The average Bonchev–Trinajstić information content (AvgIpc) is 3.13. The van der Waals surface area contributed by atoms with Gasteiger partial charge in [0, 0.05) is 6.54 Å². The second-order valence-corrected chi connectivity index (χ2v) is 8.41. The van der Waals surface area contributed by atoms with Crippen LogP contribution in [0.2, 0.25) is 0 Å². The predicted molar refractivity (Wildman–Crippen MR) is 129 cm³/mol. The van der Waals surface area contributed by atoms with Crippen LogP contribution in [0.3, 0.4) is 0 Å². The van der Waals surface area contributed by atoms with Crippen LogP contribution in [0, 0.1) is 0 Å². The molecule has 2 amide bonds. The van der Waals surface area contributed by atoms with Gasteiger partial charge in [0.1, 0.15) is 11.8 Å². The van der Waals surface area contributed by atoms with Crippen LogP contribution in [0.5, 0.6) is 5.75 Å². The molecule has 7 heteroatoms. The molecule has 3 N–H and O–H groups in total. The quantitative estimate of drug-likeness (QED) is 0.482. The Kier molecular flexibility index (Phi) is 7.57. The largest absolute Gasteiger partial charge is 0.412 e. The lowest BCUT2D eigenvalue weighted by molar-refractivity contribution is -0.132. The first kappa shape index (κ1) is 23.5. The molecule has 0 radical (unpaired) electrons. The summed E-state index contributed by atoms with van der Waals surface area (Å²) in [5.74, 6) is 0.186. The van der Waals surface area contributed by atoms with Crippen molar-refractivity contribution in [2.45, 2.75) is 44.2 Å². The highest BCUT2D eigenvalue weighted by Crippen LogP contribution is 2.20. The minimum Gasteiger partial charge on any atom is -0.410 e. The van der Waals surface area contributed by atoms with E-state index in [-0.39, 0.29) is 12.1 Å². The molecule has 1 aliphatic rings. The average molecular weight is 460 g/mol. The van der Waals surface area contributed by atoms with E-state index >= 15 is 0 Å². The van der Waals surface area contributed by atoms with Crippen molar-refractivity contribution in [1.29, 1.82) is 0 Å². The number of ether oxygens (including phenoxy) is 1. The lowest BCUT2D eigenvalue weighted by Gasteiger charge is -2.27. The van der Waals surface area contributed by atoms with Gasteiger partial charge in [-0.15, -0.1) is 0 Å². The fourth-order valence-electron chi connectivity index (χ4n) is 4.16. The Morgan fingerprint density at radius 2 is 1.53 bits per heavy atom. The smallest absolute Gasteiger partial charge is 0.410 e. The third-order valence-electron chi connectivity index (χ3n) is 5.94. The fourth-order valence-corrected chi connectivity index (χ4v) is 4.16. The number of rotatable bonds is 8. The van der Waals surface area contributed by atoms with E-state index in [9.17, 15) is 14.7 Å². The van der Waals surface area contributed by atoms with Gasteiger partial charge in [0.25, 0.3) is 0 Å². The molecule has 34 heavy (non-hydrogen) atoms. The number of carbonyl (C=O) groups excluding carboxylic acids is 2. The molecule has 0 aliphatic carbocycles. The molecule has 4 atom stereocenters. The van der Waals surface area contributed by atoms with Gasteiger partial charge in [-0.1, -0.05) is 78.9 Å². The summed E-state index contributed by atoms with van der Waals surface area (Å²) in [4.78, 5) is 27.6. The number of nitrogens with zero attached hydrogens (tertiary/aromatic N) is 1. The number of hydrogen-bond acceptors (Lipinski definition) is 5. The molecular weight excluding hydrogens is 430 g/mol. The number of amides is 2. The minimum atomic E-state index is -1.17. The normalized spacial score (nSPS) is 19.5. The highest BCUT2D eigenvalue weighted by molar-refractivity contribution is 5.85. The Morgan fingerprint density at radius 3 is 2.15 bits per heavy atom. The lowest BCUT2D eigenvalue weighted by Crippen LogP contribution is -2.55. The molecule has 0 spiro atoms. The van der Waals surface area contributed by atoms with Crippen LogP contribution in [0.15, 0.2) is 91.0 Å². The summed E-state index contributed by atoms with van der Waals surface area (Å²) in [6.07, 6.45) is -1.78. The molecular formula is C27H29N3O4. The first-order valence-electron chi connectivity index (χ1n) is 11.4. The van der Waals surface area contributed by atoms with Gasteiger partial charge in [0.15, 0.2) is 0 Å². The summed E-state index contributed by atoms with van der Waals surface area (Å²) >= 11 is 0. The van der Waals surface area contributed by atoms with E-state index in [1.807, 2.05) is 73.7 Å². The first-order chi connectivity index (χ1) is 16.5. The van der Waals surface area contributed by atoms with Crippen LogP contribution < -0.4 is 15.4 Å². The molecule has 1 saturated heterocycles. The molecule has 3 aromatic carbocycles. The lowest BCUT2D eigenvalue weighted by atomic mass is 9.96. The number of aliphatic hydroxyl groups is 1. The van der Waals surface area contributed by atoms with Crippen molar-refractivity contribution >= 4 is 12.0 Å². The van der Waals surface area contributed by atoms with Crippen LogP contribution >= 0.6 is 0 Å². The molecule has 0 bridgehead atoms. The van der Waals surface area contributed by atoms with Crippen LogP contribution in [0.25, 0.3) is 0 Å². The molecule has 0 aromatic heterocycles. The van der Waals surface area contributed by atoms with E-state index in [4.69, 9.17) is 4.74 Å². The summed E-state index contributed by atoms with van der Waals surface area (Å²) < 4.78 is 5.37. The fraction of sp³-hybridized carbons (Fsp3) is 0.259. The summed E-state index contributed by atoms with van der Waals surface area (Å²) in [5, 5.41) is 17.2. The highest BCUT2D eigenvalue weighted by Gasteiger charge is 2.43. The van der Waals surface area contributed by atoms with Gasteiger partial charge in [-0.3, -0.25) is 10.1 Å². The summed E-state index contributed by atoms with van der Waals surface area (Å²) in [6.45, 7) is 2.32. The Balaban J connectivity index is 1.49. The van der Waals surface area contributed by atoms with Gasteiger partial charge < -0.3 is 20.1 Å². The third kappa shape index (κ3) is 5.81. The predicted octanol–water partition coefficient (Wildman–Crippen LogP) is 3.09. The van der Waals surface area contributed by atoms with Crippen molar-refractivity contribution in [3.8, 4) is 5.75 Å². The Morgan fingerprint density at radius 1 is 0.971 bits per heavy atom. The van der Waals surface area contributed by atoms with Gasteiger partial charge in [0.05, 0.1) is 18.3 Å². The molecule has 1 fully saturated rings. The van der Waals surface area contributed by atoms with E-state index in [2.05, 4.69) is 10.6 Å². The standard InChI is InChI=1S/C27H29N3O4/c1-19-28-24(26(32)30(19)18-21-13-7-3-8-14-21)25(31)23(17-20-11-5-2-6-12-20)29-27(33)34-22-15-9-4-10-16-22/h2-16,19,23-25,28,31H,17-18H2,1H3,(H,29,33)/t19-,23+,24+,25+/m1/s1. The molecule has 7 nitrogen and oxygen atoms in total. The molecule has 3 aromatic rings. The van der Waals surface area contributed by atoms with Crippen LogP contribution in [-0.2, 0) is 17.8 Å². The van der Waals surface area contributed by atoms with Crippen LogP contribution in [-0.4, -0.2) is 46.4 Å². The van der Waals surface area contributed by atoms with Gasteiger partial charge >= 0.3 is 6.09 Å². The second kappa shape index (κ2) is 11.0. The van der Waals surface area contributed by atoms with Gasteiger partial charge in [-0.2, -0.15) is 0 Å². The third-order valence-corrected chi connectivity index (χ3v) is 5.94. The maximum Gasteiger partial charge on any atom is 0.412 e. The maximum absolute atomic E-state index is 13.3. The Bertz CT molecular complexity index is 1080. The van der Waals surface area contributed by atoms with Crippen LogP contribution in [0.4, 0.5) is 4.79 Å². The second-order valence-electron chi connectivity index (χ2n) is 8.41. The van der Waals surface area contributed by atoms with E-state index in [0.29, 0.717) is 18.7 Å². The van der Waals surface area contributed by atoms with Crippen LogP contribution in [0.1, 0.15) is 18.1 Å². The molecule has 4 rings (SSSR count). The molecule has 1 aliphatic heterocycles. The summed E-state index contributed by atoms with van der Waals surface area (Å²) in [7, 11) is 0. The molecule has 1 heterocycles. The Hall–Kier alpha value is -3.68. The van der Waals surface area contributed by atoms with Crippen molar-refractivity contribution in [2.24, 2.45) is 0 Å². The van der Waals surface area contributed by atoms with Crippen molar-refractivity contribution in [2.75, 3.05) is 0 Å². The maximum atomic E-state index is 13.3. The summed E-state index contributed by atoms with van der Waals surface area (Å²) in [5.41, 5.74) is 1.93. The zero-order valence-electron chi connectivity index (χ0n) is 19.0. The Labute approximate surface area is 199 Å². The number of para-hydroxylation sites is 1. The minimum absolute atomic E-state index is 0.208. The summed E-state index contributed by atoms with van der Waals surface area (Å²) in [6, 6.07) is 26.3.